The number of fused-ring (bicyclic) bond motifs is 1. The van der Waals surface area contributed by atoms with E-state index in [-0.39, 0.29) is 6.61 Å². The van der Waals surface area contributed by atoms with E-state index in [1.54, 1.807) is 7.11 Å². The maximum atomic E-state index is 9.11. The Morgan fingerprint density at radius 2 is 2.05 bits per heavy atom. The highest BCUT2D eigenvalue weighted by atomic mass is 16.5. The molecule has 0 saturated carbocycles. The van der Waals surface area contributed by atoms with Gasteiger partial charge in [-0.15, -0.1) is 0 Å². The summed E-state index contributed by atoms with van der Waals surface area (Å²) < 4.78 is 12.6. The van der Waals surface area contributed by atoms with Crippen LogP contribution in [-0.4, -0.2) is 36.6 Å². The molecule has 0 unspecified atom stereocenters. The van der Waals surface area contributed by atoms with Gasteiger partial charge >= 0.3 is 0 Å². The van der Waals surface area contributed by atoms with E-state index >= 15 is 0 Å². The molecule has 4 nitrogen and oxygen atoms in total. The average molecular weight is 263 g/mol. The molecule has 0 bridgehead atoms. The Labute approximate surface area is 113 Å². The van der Waals surface area contributed by atoms with Crippen LogP contribution in [0.15, 0.2) is 30.5 Å². The maximum Gasteiger partial charge on any atom is 0.0700 e. The molecule has 0 aliphatic rings. The predicted octanol–water partition coefficient (Wildman–Crippen LogP) is 2.19. The van der Waals surface area contributed by atoms with Gasteiger partial charge in [0.15, 0.2) is 0 Å². The number of rotatable bonds is 8. The first-order chi connectivity index (χ1) is 9.35. The number of hydrogen-bond donors (Lipinski definition) is 1. The summed E-state index contributed by atoms with van der Waals surface area (Å²) in [5, 5.41) is 10.3. The number of aliphatic hydroxyl groups excluding tert-OH is 1. The van der Waals surface area contributed by atoms with Gasteiger partial charge in [-0.05, 0) is 35.6 Å². The van der Waals surface area contributed by atoms with Crippen molar-refractivity contribution in [1.82, 2.24) is 4.57 Å². The summed E-state index contributed by atoms with van der Waals surface area (Å²) >= 11 is 0. The Kier molecular flexibility index (Phi) is 5.39. The van der Waals surface area contributed by atoms with Gasteiger partial charge in [0.25, 0.3) is 0 Å². The first-order valence-electron chi connectivity index (χ1n) is 6.60. The molecular weight excluding hydrogens is 242 g/mol. The van der Waals surface area contributed by atoms with E-state index in [1.807, 2.05) is 12.1 Å². The maximum absolute atomic E-state index is 9.11. The lowest BCUT2D eigenvalue weighted by molar-refractivity contribution is 0.0681. The molecule has 1 N–H and O–H groups in total. The number of benzene rings is 1. The van der Waals surface area contributed by atoms with Crippen LogP contribution in [0.25, 0.3) is 10.9 Å². The van der Waals surface area contributed by atoms with Gasteiger partial charge in [-0.25, -0.2) is 0 Å². The predicted molar refractivity (Wildman–Crippen MR) is 75.2 cm³/mol. The number of hydrogen-bond acceptors (Lipinski definition) is 3. The highest BCUT2D eigenvalue weighted by molar-refractivity contribution is 5.80. The molecule has 19 heavy (non-hydrogen) atoms. The van der Waals surface area contributed by atoms with Crippen LogP contribution in [0.3, 0.4) is 0 Å². The zero-order valence-corrected chi connectivity index (χ0v) is 11.3. The summed E-state index contributed by atoms with van der Waals surface area (Å²) in [6, 6.07) is 8.14. The average Bonchev–Trinajstić information content (AvgIpc) is 2.85. The van der Waals surface area contributed by atoms with Gasteiger partial charge in [-0.2, -0.15) is 0 Å². The molecule has 2 rings (SSSR count). The minimum Gasteiger partial charge on any atom is -0.392 e. The second kappa shape index (κ2) is 7.28. The van der Waals surface area contributed by atoms with E-state index < -0.39 is 0 Å². The third-order valence-corrected chi connectivity index (χ3v) is 3.14. The Morgan fingerprint density at radius 3 is 2.84 bits per heavy atom. The third-order valence-electron chi connectivity index (χ3n) is 3.14. The van der Waals surface area contributed by atoms with E-state index in [2.05, 4.69) is 22.9 Å². The Bertz CT molecular complexity index is 507. The summed E-state index contributed by atoms with van der Waals surface area (Å²) in [7, 11) is 1.68. The van der Waals surface area contributed by atoms with E-state index in [0.29, 0.717) is 13.2 Å². The summed E-state index contributed by atoms with van der Waals surface area (Å²) in [5.74, 6) is 0. The van der Waals surface area contributed by atoms with Crippen molar-refractivity contribution in [2.24, 2.45) is 0 Å². The first kappa shape index (κ1) is 14.1. The normalized spacial score (nSPS) is 11.3. The van der Waals surface area contributed by atoms with Crippen LogP contribution in [0.2, 0.25) is 0 Å². The van der Waals surface area contributed by atoms with Crippen LogP contribution in [0.5, 0.6) is 0 Å². The van der Waals surface area contributed by atoms with E-state index in [9.17, 15) is 0 Å². The highest BCUT2D eigenvalue weighted by Gasteiger charge is 2.01. The van der Waals surface area contributed by atoms with Gasteiger partial charge in [0.1, 0.15) is 0 Å². The van der Waals surface area contributed by atoms with Crippen LogP contribution >= 0.6 is 0 Å². The topological polar surface area (TPSA) is 43.6 Å². The molecule has 1 aromatic carbocycles. The standard InChI is InChI=1S/C15H21NO3/c1-18-9-10-19-8-2-6-16-7-5-14-11-13(12-17)3-4-15(14)16/h3-5,7,11,17H,2,6,8-10,12H2,1H3. The van der Waals surface area contributed by atoms with Crippen LogP contribution in [0.4, 0.5) is 0 Å². The van der Waals surface area contributed by atoms with Crippen molar-refractivity contribution in [2.75, 3.05) is 26.9 Å². The highest BCUT2D eigenvalue weighted by Crippen LogP contribution is 2.18. The van der Waals surface area contributed by atoms with Gasteiger partial charge in [0, 0.05) is 32.0 Å². The lowest BCUT2D eigenvalue weighted by Gasteiger charge is -2.07. The van der Waals surface area contributed by atoms with Crippen molar-refractivity contribution < 1.29 is 14.6 Å². The van der Waals surface area contributed by atoms with Crippen LogP contribution in [-0.2, 0) is 22.6 Å². The molecule has 0 aliphatic carbocycles. The molecule has 0 atom stereocenters. The van der Waals surface area contributed by atoms with Crippen molar-refractivity contribution in [3.63, 3.8) is 0 Å². The number of aromatic nitrogens is 1. The number of aryl methyl sites for hydroxylation is 1. The number of methoxy groups -OCH3 is 1. The molecule has 0 saturated heterocycles. The van der Waals surface area contributed by atoms with E-state index in [4.69, 9.17) is 14.6 Å². The molecule has 1 aromatic heterocycles. The van der Waals surface area contributed by atoms with Crippen molar-refractivity contribution in [3.05, 3.63) is 36.0 Å². The first-order valence-corrected chi connectivity index (χ1v) is 6.60. The Balaban J connectivity index is 1.87. The molecule has 0 spiro atoms. The molecule has 0 fully saturated rings. The van der Waals surface area contributed by atoms with Crippen molar-refractivity contribution in [3.8, 4) is 0 Å². The van der Waals surface area contributed by atoms with E-state index in [0.717, 1.165) is 25.1 Å². The summed E-state index contributed by atoms with van der Waals surface area (Å²) in [6.07, 6.45) is 3.07. The number of nitrogens with zero attached hydrogens (tertiary/aromatic N) is 1. The molecule has 2 aromatic rings. The minimum absolute atomic E-state index is 0.0917. The summed E-state index contributed by atoms with van der Waals surface area (Å²) in [6.45, 7) is 3.08. The minimum atomic E-state index is 0.0917. The zero-order chi connectivity index (χ0) is 13.5. The zero-order valence-electron chi connectivity index (χ0n) is 11.3. The van der Waals surface area contributed by atoms with E-state index in [1.165, 1.54) is 10.9 Å². The molecular formula is C15H21NO3. The number of aliphatic hydroxyl groups is 1. The smallest absolute Gasteiger partial charge is 0.0700 e. The van der Waals surface area contributed by atoms with Gasteiger partial charge in [0.05, 0.1) is 19.8 Å². The van der Waals surface area contributed by atoms with Crippen molar-refractivity contribution in [2.45, 2.75) is 19.6 Å². The third kappa shape index (κ3) is 3.80. The molecule has 1 heterocycles. The van der Waals surface area contributed by atoms with Gasteiger partial charge < -0.3 is 19.1 Å². The lowest BCUT2D eigenvalue weighted by atomic mass is 10.2. The molecule has 0 radical (unpaired) electrons. The van der Waals surface area contributed by atoms with Gasteiger partial charge in [0.2, 0.25) is 0 Å². The molecule has 104 valence electrons. The monoisotopic (exact) mass is 263 g/mol. The van der Waals surface area contributed by atoms with Crippen molar-refractivity contribution in [1.29, 1.82) is 0 Å². The largest absolute Gasteiger partial charge is 0.392 e. The number of ether oxygens (including phenoxy) is 2. The SMILES string of the molecule is COCCOCCCn1ccc2cc(CO)ccc21. The summed E-state index contributed by atoms with van der Waals surface area (Å²) in [4.78, 5) is 0. The lowest BCUT2D eigenvalue weighted by Crippen LogP contribution is -2.05. The van der Waals surface area contributed by atoms with Crippen LogP contribution in [0, 0.1) is 0 Å². The second-order valence-corrected chi connectivity index (χ2v) is 4.52. The Hall–Kier alpha value is -1.36. The van der Waals surface area contributed by atoms with Gasteiger partial charge in [-0.1, -0.05) is 6.07 Å². The van der Waals surface area contributed by atoms with Gasteiger partial charge in [-0.3, -0.25) is 0 Å². The second-order valence-electron chi connectivity index (χ2n) is 4.52. The molecule has 0 amide bonds. The van der Waals surface area contributed by atoms with Crippen molar-refractivity contribution >= 4 is 10.9 Å². The van der Waals surface area contributed by atoms with Crippen LogP contribution in [0.1, 0.15) is 12.0 Å². The molecule has 0 aliphatic heterocycles. The van der Waals surface area contributed by atoms with Crippen LogP contribution < -0.4 is 0 Å². The summed E-state index contributed by atoms with van der Waals surface area (Å²) in [5.41, 5.74) is 2.15. The quantitative estimate of drug-likeness (QED) is 0.742. The Morgan fingerprint density at radius 1 is 1.16 bits per heavy atom. The molecule has 4 heteroatoms. The fraction of sp³-hybridized carbons (Fsp3) is 0.467. The fourth-order valence-electron chi connectivity index (χ4n) is 2.12. The fourth-order valence-corrected chi connectivity index (χ4v) is 2.12.